The summed E-state index contributed by atoms with van der Waals surface area (Å²) in [6.07, 6.45) is 7.40. The molecule has 1 heterocycles. The average molecular weight is 605 g/mol. The number of carbonyl (C=O) groups excluding carboxylic acids is 3. The third-order valence-corrected chi connectivity index (χ3v) is 9.29. The SMILES string of the molecule is CCOC(=O)C(c1ccc(S(=O)(=O)C(F)(F)F)cc1)(N(C(=O)c1ccccc1)C1CCCCC1)C1(C(C)=O)C=CC=N1. The van der Waals surface area contributed by atoms with E-state index in [4.69, 9.17) is 4.74 Å². The number of carbonyl (C=O) groups is 3. The second-order valence-corrected chi connectivity index (χ2v) is 12.1. The standard InChI is InChI=1S/C30H31F3N2O6S/c1-3-41-27(38)29(28(21(2)36)19-10-20-34-28,23-15-17-25(18-16-23)42(39,40)30(31,32)33)35(24-13-8-5-9-14-24)26(37)22-11-6-4-7-12-22/h4,6-7,10-12,15-20,24H,3,5,8-9,13-14H2,1-2H3. The summed E-state index contributed by atoms with van der Waals surface area (Å²) in [7, 11) is -5.73. The Morgan fingerprint density at radius 1 is 1.00 bits per heavy atom. The number of allylic oxidation sites excluding steroid dienone is 1. The van der Waals surface area contributed by atoms with Crippen LogP contribution in [0.25, 0.3) is 0 Å². The normalized spacial score (nSPS) is 20.6. The van der Waals surface area contributed by atoms with Gasteiger partial charge in [0.25, 0.3) is 15.7 Å². The van der Waals surface area contributed by atoms with E-state index in [1.807, 2.05) is 0 Å². The fourth-order valence-corrected chi connectivity index (χ4v) is 6.63. The Labute approximate surface area is 242 Å². The number of hydrogen-bond acceptors (Lipinski definition) is 7. The molecule has 0 radical (unpaired) electrons. The van der Waals surface area contributed by atoms with Crippen LogP contribution in [0, 0.1) is 0 Å². The molecule has 1 amide bonds. The molecule has 2 atom stereocenters. The van der Waals surface area contributed by atoms with Gasteiger partial charge >= 0.3 is 11.5 Å². The number of benzene rings is 2. The fourth-order valence-electron chi connectivity index (χ4n) is 5.87. The number of rotatable bonds is 9. The van der Waals surface area contributed by atoms with E-state index in [2.05, 4.69) is 4.99 Å². The zero-order chi connectivity index (χ0) is 30.8. The van der Waals surface area contributed by atoms with Gasteiger partial charge in [0.05, 0.1) is 11.5 Å². The van der Waals surface area contributed by atoms with E-state index in [1.54, 1.807) is 37.3 Å². The molecule has 0 bridgehead atoms. The van der Waals surface area contributed by atoms with Crippen LogP contribution >= 0.6 is 0 Å². The first-order chi connectivity index (χ1) is 19.8. The van der Waals surface area contributed by atoms with Crippen LogP contribution in [0.1, 0.15) is 61.9 Å². The van der Waals surface area contributed by atoms with Crippen LogP contribution in [0.2, 0.25) is 0 Å². The molecule has 42 heavy (non-hydrogen) atoms. The number of ketones is 1. The van der Waals surface area contributed by atoms with Gasteiger partial charge in [-0.25, -0.2) is 13.2 Å². The van der Waals surface area contributed by atoms with E-state index in [0.717, 1.165) is 31.4 Å². The van der Waals surface area contributed by atoms with Gasteiger partial charge in [0.15, 0.2) is 11.3 Å². The molecule has 2 unspecified atom stereocenters. The van der Waals surface area contributed by atoms with Crippen LogP contribution in [0.5, 0.6) is 0 Å². The van der Waals surface area contributed by atoms with Gasteiger partial charge in [0.2, 0.25) is 5.54 Å². The van der Waals surface area contributed by atoms with E-state index in [-0.39, 0.29) is 17.7 Å². The lowest BCUT2D eigenvalue weighted by atomic mass is 9.67. The molecule has 0 saturated heterocycles. The van der Waals surface area contributed by atoms with Crippen LogP contribution in [-0.4, -0.2) is 60.9 Å². The molecule has 0 aromatic heterocycles. The van der Waals surface area contributed by atoms with Crippen molar-refractivity contribution in [1.29, 1.82) is 0 Å². The predicted molar refractivity (Wildman–Crippen MR) is 149 cm³/mol. The van der Waals surface area contributed by atoms with Crippen molar-refractivity contribution in [2.45, 2.75) is 73.5 Å². The highest BCUT2D eigenvalue weighted by Crippen LogP contribution is 2.49. The zero-order valence-corrected chi connectivity index (χ0v) is 24.0. The molecule has 2 aromatic carbocycles. The van der Waals surface area contributed by atoms with Crippen LogP contribution in [0.4, 0.5) is 13.2 Å². The summed E-state index contributed by atoms with van der Waals surface area (Å²) in [5.74, 6) is -2.27. The number of hydrogen-bond donors (Lipinski definition) is 0. The highest BCUT2D eigenvalue weighted by atomic mass is 32.2. The summed E-state index contributed by atoms with van der Waals surface area (Å²) >= 11 is 0. The maximum absolute atomic E-state index is 14.5. The van der Waals surface area contributed by atoms with Crippen LogP contribution in [0.3, 0.4) is 0 Å². The number of esters is 1. The number of nitrogens with zero attached hydrogens (tertiary/aromatic N) is 2. The zero-order valence-electron chi connectivity index (χ0n) is 23.1. The third-order valence-electron chi connectivity index (χ3n) is 7.79. The number of aliphatic imine (C=N–C) groups is 1. The fraction of sp³-hybridized carbons (Fsp3) is 0.400. The maximum Gasteiger partial charge on any atom is 0.501 e. The smallest absolute Gasteiger partial charge is 0.464 e. The summed E-state index contributed by atoms with van der Waals surface area (Å²) in [5.41, 5.74) is -9.88. The highest BCUT2D eigenvalue weighted by Gasteiger charge is 2.67. The summed E-state index contributed by atoms with van der Waals surface area (Å²) in [6, 6.07) is 11.0. The Morgan fingerprint density at radius 2 is 1.62 bits per heavy atom. The number of Topliss-reactive ketones (excluding diaryl/α,β-unsaturated/α-hetero) is 1. The number of ether oxygens (including phenoxy) is 1. The minimum atomic E-state index is -5.73. The minimum absolute atomic E-state index is 0.115. The second kappa shape index (κ2) is 11.8. The molecule has 1 aliphatic heterocycles. The van der Waals surface area contributed by atoms with Crippen molar-refractivity contribution in [2.75, 3.05) is 6.61 Å². The average Bonchev–Trinajstić information content (AvgIpc) is 3.48. The molecular weight excluding hydrogens is 573 g/mol. The molecule has 1 saturated carbocycles. The van der Waals surface area contributed by atoms with Gasteiger partial charge in [-0.15, -0.1) is 0 Å². The van der Waals surface area contributed by atoms with Gasteiger partial charge in [-0.2, -0.15) is 13.2 Å². The van der Waals surface area contributed by atoms with E-state index in [9.17, 15) is 36.0 Å². The lowest BCUT2D eigenvalue weighted by Gasteiger charge is -2.52. The summed E-state index contributed by atoms with van der Waals surface area (Å²) < 4.78 is 70.0. The van der Waals surface area contributed by atoms with Crippen molar-refractivity contribution in [1.82, 2.24) is 4.90 Å². The molecule has 8 nitrogen and oxygen atoms in total. The van der Waals surface area contributed by atoms with Crippen LogP contribution in [-0.2, 0) is 29.7 Å². The maximum atomic E-state index is 14.5. The van der Waals surface area contributed by atoms with Crippen molar-refractivity contribution >= 4 is 33.7 Å². The first-order valence-electron chi connectivity index (χ1n) is 13.6. The van der Waals surface area contributed by atoms with Gasteiger partial charge in [0.1, 0.15) is 0 Å². The Balaban J connectivity index is 2.12. The summed E-state index contributed by atoms with van der Waals surface area (Å²) in [6.45, 7) is 2.59. The molecule has 1 aliphatic carbocycles. The predicted octanol–water partition coefficient (Wildman–Crippen LogP) is 5.18. The number of alkyl halides is 3. The summed E-state index contributed by atoms with van der Waals surface area (Å²) in [4.78, 5) is 47.3. The van der Waals surface area contributed by atoms with Crippen molar-refractivity contribution < 1.29 is 40.7 Å². The van der Waals surface area contributed by atoms with Crippen LogP contribution in [0.15, 0.2) is 76.6 Å². The Bertz CT molecular complexity index is 1490. The Morgan fingerprint density at radius 3 is 2.12 bits per heavy atom. The number of halogens is 3. The molecule has 4 rings (SSSR count). The monoisotopic (exact) mass is 604 g/mol. The van der Waals surface area contributed by atoms with Gasteiger partial charge in [-0.1, -0.05) is 49.6 Å². The third kappa shape index (κ3) is 5.05. The second-order valence-electron chi connectivity index (χ2n) is 10.2. The van der Waals surface area contributed by atoms with Gasteiger partial charge in [-0.3, -0.25) is 14.6 Å². The quantitative estimate of drug-likeness (QED) is 0.365. The first kappa shape index (κ1) is 31.1. The molecule has 0 spiro atoms. The largest absolute Gasteiger partial charge is 0.501 e. The van der Waals surface area contributed by atoms with Gasteiger partial charge in [0, 0.05) is 17.8 Å². The molecule has 12 heteroatoms. The number of amides is 1. The molecule has 1 fully saturated rings. The van der Waals surface area contributed by atoms with Gasteiger partial charge in [-0.05, 0) is 68.7 Å². The van der Waals surface area contributed by atoms with E-state index in [1.165, 1.54) is 30.2 Å². The van der Waals surface area contributed by atoms with Gasteiger partial charge < -0.3 is 9.64 Å². The number of sulfone groups is 1. The molecule has 2 aliphatic rings. The minimum Gasteiger partial charge on any atom is -0.464 e. The van der Waals surface area contributed by atoms with Crippen LogP contribution < -0.4 is 0 Å². The van der Waals surface area contributed by atoms with E-state index >= 15 is 0 Å². The topological polar surface area (TPSA) is 110 Å². The lowest BCUT2D eigenvalue weighted by Crippen LogP contribution is -2.70. The molecular formula is C30H31F3N2O6S. The first-order valence-corrected chi connectivity index (χ1v) is 15.0. The van der Waals surface area contributed by atoms with Crippen molar-refractivity contribution in [3.8, 4) is 0 Å². The van der Waals surface area contributed by atoms with Crippen molar-refractivity contribution in [3.63, 3.8) is 0 Å². The van der Waals surface area contributed by atoms with Crippen molar-refractivity contribution in [3.05, 3.63) is 77.9 Å². The van der Waals surface area contributed by atoms with Crippen molar-refractivity contribution in [2.24, 2.45) is 4.99 Å². The van der Waals surface area contributed by atoms with E-state index in [0.29, 0.717) is 25.0 Å². The molecule has 2 aromatic rings. The Hall–Kier alpha value is -3.80. The van der Waals surface area contributed by atoms with E-state index < -0.39 is 55.0 Å². The Kier molecular flexibility index (Phi) is 8.77. The lowest BCUT2D eigenvalue weighted by molar-refractivity contribution is -0.166. The molecule has 224 valence electrons. The molecule has 0 N–H and O–H groups in total. The summed E-state index contributed by atoms with van der Waals surface area (Å²) in [5, 5.41) is 0. The highest BCUT2D eigenvalue weighted by molar-refractivity contribution is 7.92.